The summed E-state index contributed by atoms with van der Waals surface area (Å²) >= 11 is 0. The summed E-state index contributed by atoms with van der Waals surface area (Å²) in [4.78, 5) is 10.4. The molecule has 0 saturated carbocycles. The van der Waals surface area contributed by atoms with E-state index in [4.69, 9.17) is 0 Å². The van der Waals surface area contributed by atoms with Gasteiger partial charge in [0.2, 0.25) is 0 Å². The molecule has 0 amide bonds. The zero-order chi connectivity index (χ0) is 16.0. The van der Waals surface area contributed by atoms with E-state index in [-0.39, 0.29) is 5.78 Å². The molecule has 0 N–H and O–H groups in total. The van der Waals surface area contributed by atoms with Gasteiger partial charge in [-0.2, -0.15) is 0 Å². The smallest absolute Gasteiger partial charge is 0.178 e. The van der Waals surface area contributed by atoms with Gasteiger partial charge in [0.05, 0.1) is 0 Å². The number of rotatable bonds is 0. The summed E-state index contributed by atoms with van der Waals surface area (Å²) in [5, 5.41) is 0. The van der Waals surface area contributed by atoms with E-state index in [2.05, 4.69) is 44.7 Å². The quantitative estimate of drug-likeness (QED) is 0.601. The van der Waals surface area contributed by atoms with Crippen molar-refractivity contribution < 1.29 is 4.79 Å². The van der Waals surface area contributed by atoms with E-state index >= 15 is 0 Å². The van der Waals surface area contributed by atoms with Crippen LogP contribution in [0, 0.1) is 13.8 Å². The molecule has 0 bridgehead atoms. The van der Waals surface area contributed by atoms with Gasteiger partial charge in [0.25, 0.3) is 0 Å². The lowest BCUT2D eigenvalue weighted by Gasteiger charge is -1.92. The molecule has 0 aliphatic heterocycles. The lowest BCUT2D eigenvalue weighted by molar-refractivity contribution is -0.110. The van der Waals surface area contributed by atoms with Crippen molar-refractivity contribution in [2.45, 2.75) is 41.5 Å². The van der Waals surface area contributed by atoms with Crippen molar-refractivity contribution in [3.8, 4) is 0 Å². The van der Waals surface area contributed by atoms with Gasteiger partial charge < -0.3 is 0 Å². The van der Waals surface area contributed by atoms with Crippen LogP contribution in [0.1, 0.15) is 38.8 Å². The van der Waals surface area contributed by atoms with Gasteiger partial charge in [-0.15, -0.1) is 0 Å². The zero-order valence-corrected chi connectivity index (χ0v) is 13.7. The van der Waals surface area contributed by atoms with E-state index in [9.17, 15) is 4.79 Å². The predicted octanol–water partition coefficient (Wildman–Crippen LogP) is 5.59. The number of hydrogen-bond acceptors (Lipinski definition) is 1. The van der Waals surface area contributed by atoms with E-state index in [0.717, 1.165) is 5.57 Å². The lowest BCUT2D eigenvalue weighted by Crippen LogP contribution is -1.89. The average Bonchev–Trinajstić information content (AvgIpc) is 2.50. The minimum atomic E-state index is 0.0393. The van der Waals surface area contributed by atoms with Crippen LogP contribution in [0.2, 0.25) is 0 Å². The highest BCUT2D eigenvalue weighted by Gasteiger charge is 1.93. The maximum absolute atomic E-state index is 10.4. The molecule has 1 aliphatic carbocycles. The molecule has 0 radical (unpaired) electrons. The van der Waals surface area contributed by atoms with Crippen molar-refractivity contribution in [1.82, 2.24) is 0 Å². The summed E-state index contributed by atoms with van der Waals surface area (Å²) in [7, 11) is 0. The average molecular weight is 272 g/mol. The number of hydrogen-bond donors (Lipinski definition) is 0. The van der Waals surface area contributed by atoms with Gasteiger partial charge in [-0.3, -0.25) is 4.79 Å². The second-order valence-corrected chi connectivity index (χ2v) is 3.80. The van der Waals surface area contributed by atoms with E-state index in [1.807, 2.05) is 27.7 Å². The number of carbonyl (C=O) groups is 1. The molecule has 1 aliphatic rings. The third kappa shape index (κ3) is 11.2. The Labute approximate surface area is 124 Å². The van der Waals surface area contributed by atoms with Gasteiger partial charge in [-0.1, -0.05) is 81.8 Å². The maximum Gasteiger partial charge on any atom is 0.178 e. The van der Waals surface area contributed by atoms with Crippen LogP contribution in [0.5, 0.6) is 0 Å². The summed E-state index contributed by atoms with van der Waals surface area (Å²) in [5.74, 6) is 0.0393. The summed E-state index contributed by atoms with van der Waals surface area (Å²) < 4.78 is 0. The van der Waals surface area contributed by atoms with Crippen LogP contribution in [0.15, 0.2) is 60.7 Å². The van der Waals surface area contributed by atoms with Crippen molar-refractivity contribution in [3.63, 3.8) is 0 Å². The summed E-state index contributed by atoms with van der Waals surface area (Å²) in [5.41, 5.74) is 3.54. The molecule has 110 valence electrons. The van der Waals surface area contributed by atoms with Crippen LogP contribution in [0.25, 0.3) is 0 Å². The van der Waals surface area contributed by atoms with E-state index < -0.39 is 0 Å². The van der Waals surface area contributed by atoms with Crippen LogP contribution in [-0.4, -0.2) is 5.78 Å². The third-order valence-electron chi connectivity index (χ3n) is 2.14. The van der Waals surface area contributed by atoms with Crippen molar-refractivity contribution >= 4 is 5.78 Å². The Hall–Kier alpha value is -1.89. The van der Waals surface area contributed by atoms with Gasteiger partial charge in [0.1, 0.15) is 0 Å². The predicted molar refractivity (Wildman–Crippen MR) is 91.0 cm³/mol. The Bertz CT molecular complexity index is 374. The van der Waals surface area contributed by atoms with E-state index in [1.54, 1.807) is 12.2 Å². The molecule has 0 atom stereocenters. The summed E-state index contributed by atoms with van der Waals surface area (Å²) in [6, 6.07) is 8.48. The molecule has 0 saturated heterocycles. The fraction of sp³-hybridized carbons (Fsp3) is 0.316. The Balaban J connectivity index is 0. The first-order chi connectivity index (χ1) is 9.58. The molecule has 0 heterocycles. The largest absolute Gasteiger partial charge is 0.290 e. The summed E-state index contributed by atoms with van der Waals surface area (Å²) in [6.45, 7) is 15.8. The molecule has 0 spiro atoms. The number of allylic oxidation sites excluding steroid dienone is 5. The molecule has 1 aromatic carbocycles. The normalized spacial score (nSPS) is 11.3. The summed E-state index contributed by atoms with van der Waals surface area (Å²) in [6.07, 6.45) is 6.40. The maximum atomic E-state index is 10.4. The first-order valence-electron chi connectivity index (χ1n) is 7.20. The molecule has 1 heteroatoms. The monoisotopic (exact) mass is 272 g/mol. The van der Waals surface area contributed by atoms with Crippen LogP contribution in [-0.2, 0) is 4.79 Å². The van der Waals surface area contributed by atoms with Gasteiger partial charge in [-0.25, -0.2) is 0 Å². The number of carbonyl (C=O) groups excluding carboxylic acids is 1. The number of ketones is 1. The van der Waals surface area contributed by atoms with Crippen molar-refractivity contribution in [1.29, 1.82) is 0 Å². The van der Waals surface area contributed by atoms with Crippen molar-refractivity contribution in [2.24, 2.45) is 0 Å². The highest BCUT2D eigenvalue weighted by molar-refractivity contribution is 6.01. The molecule has 1 aromatic rings. The topological polar surface area (TPSA) is 17.1 Å². The van der Waals surface area contributed by atoms with Crippen LogP contribution in [0.3, 0.4) is 0 Å². The molecule has 0 aromatic heterocycles. The molecule has 0 unspecified atom stereocenters. The Morgan fingerprint density at radius 3 is 1.25 bits per heavy atom. The standard InChI is InChI=1S/C8H10.C7H6O.2C2H6/c1-7-3-5-8(2)6-4-7;1-6-2-4-7(8)5-3-6;2*1-2/h3-6H,1-2H3;2-5H,1H2;2*1-2H3. The van der Waals surface area contributed by atoms with Crippen molar-refractivity contribution in [2.75, 3.05) is 0 Å². The third-order valence-corrected chi connectivity index (χ3v) is 2.14. The SMILES string of the molecule is C=C1C=CC(=O)C=C1.CC.CC.Cc1ccc(C)cc1. The second-order valence-electron chi connectivity index (χ2n) is 3.80. The van der Waals surface area contributed by atoms with Crippen LogP contribution >= 0.6 is 0 Å². The van der Waals surface area contributed by atoms with Crippen LogP contribution < -0.4 is 0 Å². The molecular weight excluding hydrogens is 244 g/mol. The molecule has 2 rings (SSSR count). The second kappa shape index (κ2) is 13.5. The fourth-order valence-corrected chi connectivity index (χ4v) is 1.13. The molecule has 1 nitrogen and oxygen atoms in total. The molecule has 20 heavy (non-hydrogen) atoms. The highest BCUT2D eigenvalue weighted by atomic mass is 16.1. The van der Waals surface area contributed by atoms with E-state index in [1.165, 1.54) is 23.3 Å². The highest BCUT2D eigenvalue weighted by Crippen LogP contribution is 2.01. The Morgan fingerprint density at radius 2 is 1.00 bits per heavy atom. The fourth-order valence-electron chi connectivity index (χ4n) is 1.13. The Kier molecular flexibility index (Phi) is 13.8. The Morgan fingerprint density at radius 1 is 0.700 bits per heavy atom. The van der Waals surface area contributed by atoms with E-state index in [0.29, 0.717) is 0 Å². The van der Waals surface area contributed by atoms with Gasteiger partial charge in [-0.05, 0) is 31.6 Å². The number of benzene rings is 1. The van der Waals surface area contributed by atoms with Crippen LogP contribution in [0.4, 0.5) is 0 Å². The first kappa shape index (κ1) is 20.4. The van der Waals surface area contributed by atoms with Gasteiger partial charge in [0, 0.05) is 0 Å². The molecular formula is C19H28O. The molecule has 0 fully saturated rings. The zero-order valence-electron chi connectivity index (χ0n) is 13.7. The first-order valence-corrected chi connectivity index (χ1v) is 7.20. The minimum absolute atomic E-state index is 0.0393. The van der Waals surface area contributed by atoms with Gasteiger partial charge >= 0.3 is 0 Å². The van der Waals surface area contributed by atoms with Gasteiger partial charge in [0.15, 0.2) is 5.78 Å². The number of aryl methyl sites for hydroxylation is 2. The minimum Gasteiger partial charge on any atom is -0.290 e. The lowest BCUT2D eigenvalue weighted by atomic mass is 10.1. The van der Waals surface area contributed by atoms with Crippen molar-refractivity contribution in [3.05, 3.63) is 71.8 Å².